The standard InChI is InChI=1S/C12H21F3O3/c1-3-4-5-6-7-8-9-18-10(11(16)17-2)12(13,14)15/h10H,3-9H2,1-2H3. The predicted molar refractivity (Wildman–Crippen MR) is 61.2 cm³/mol. The van der Waals surface area contributed by atoms with Crippen LogP contribution in [0.2, 0.25) is 0 Å². The molecule has 1 unspecified atom stereocenters. The number of unbranched alkanes of at least 4 members (excludes halogenated alkanes) is 5. The number of hydrogen-bond acceptors (Lipinski definition) is 3. The Hall–Kier alpha value is -0.780. The van der Waals surface area contributed by atoms with Crippen molar-refractivity contribution in [1.82, 2.24) is 0 Å². The summed E-state index contributed by atoms with van der Waals surface area (Å²) in [6.45, 7) is 2.01. The highest BCUT2D eigenvalue weighted by Gasteiger charge is 2.46. The molecule has 0 saturated carbocycles. The Morgan fingerprint density at radius 3 is 2.17 bits per heavy atom. The zero-order valence-electron chi connectivity index (χ0n) is 10.9. The quantitative estimate of drug-likeness (QED) is 0.475. The van der Waals surface area contributed by atoms with E-state index in [4.69, 9.17) is 0 Å². The normalized spacial score (nSPS) is 13.4. The van der Waals surface area contributed by atoms with Crippen LogP contribution in [-0.4, -0.2) is 32.0 Å². The van der Waals surface area contributed by atoms with Gasteiger partial charge in [0.15, 0.2) is 0 Å². The van der Waals surface area contributed by atoms with Gasteiger partial charge < -0.3 is 9.47 Å². The van der Waals surface area contributed by atoms with E-state index in [1.54, 1.807) is 0 Å². The molecule has 0 N–H and O–H groups in total. The van der Waals surface area contributed by atoms with E-state index in [-0.39, 0.29) is 6.61 Å². The third-order valence-corrected chi connectivity index (χ3v) is 2.49. The summed E-state index contributed by atoms with van der Waals surface area (Å²) < 4.78 is 45.9. The second kappa shape index (κ2) is 9.19. The lowest BCUT2D eigenvalue weighted by molar-refractivity contribution is -0.229. The molecule has 0 fully saturated rings. The number of esters is 1. The molecule has 0 saturated heterocycles. The average molecular weight is 270 g/mol. The van der Waals surface area contributed by atoms with Gasteiger partial charge in [-0.3, -0.25) is 0 Å². The summed E-state index contributed by atoms with van der Waals surface area (Å²) in [4.78, 5) is 10.9. The largest absolute Gasteiger partial charge is 0.467 e. The maximum absolute atomic E-state index is 12.4. The Morgan fingerprint density at radius 2 is 1.67 bits per heavy atom. The number of halogens is 3. The SMILES string of the molecule is CCCCCCCCOC(C(=O)OC)C(F)(F)F. The molecule has 0 bridgehead atoms. The fourth-order valence-electron chi connectivity index (χ4n) is 1.49. The molecule has 0 aromatic heterocycles. The van der Waals surface area contributed by atoms with Crippen LogP contribution in [0.15, 0.2) is 0 Å². The Kier molecular flexibility index (Phi) is 8.79. The van der Waals surface area contributed by atoms with E-state index in [2.05, 4.69) is 16.4 Å². The topological polar surface area (TPSA) is 35.5 Å². The molecule has 108 valence electrons. The zero-order valence-corrected chi connectivity index (χ0v) is 10.9. The van der Waals surface area contributed by atoms with Gasteiger partial charge in [-0.15, -0.1) is 0 Å². The van der Waals surface area contributed by atoms with Crippen molar-refractivity contribution in [3.8, 4) is 0 Å². The summed E-state index contributed by atoms with van der Waals surface area (Å²) in [7, 11) is 0.912. The fourth-order valence-corrected chi connectivity index (χ4v) is 1.49. The van der Waals surface area contributed by atoms with E-state index in [1.165, 1.54) is 0 Å². The molecule has 0 aliphatic rings. The van der Waals surface area contributed by atoms with E-state index in [0.717, 1.165) is 39.2 Å². The van der Waals surface area contributed by atoms with Gasteiger partial charge in [0.05, 0.1) is 7.11 Å². The van der Waals surface area contributed by atoms with E-state index in [9.17, 15) is 18.0 Å². The maximum atomic E-state index is 12.4. The lowest BCUT2D eigenvalue weighted by Crippen LogP contribution is -2.40. The minimum absolute atomic E-state index is 0.0780. The lowest BCUT2D eigenvalue weighted by Gasteiger charge is -2.18. The van der Waals surface area contributed by atoms with Crippen LogP contribution >= 0.6 is 0 Å². The van der Waals surface area contributed by atoms with Gasteiger partial charge in [0.1, 0.15) is 0 Å². The van der Waals surface area contributed by atoms with Gasteiger partial charge in [0.25, 0.3) is 6.10 Å². The Labute approximate surface area is 106 Å². The van der Waals surface area contributed by atoms with Gasteiger partial charge in [-0.2, -0.15) is 13.2 Å². The zero-order chi connectivity index (χ0) is 14.0. The van der Waals surface area contributed by atoms with Crippen molar-refractivity contribution in [2.75, 3.05) is 13.7 Å². The van der Waals surface area contributed by atoms with Gasteiger partial charge in [-0.1, -0.05) is 39.0 Å². The van der Waals surface area contributed by atoms with Crippen LogP contribution in [0.5, 0.6) is 0 Å². The molecule has 0 aliphatic heterocycles. The number of ether oxygens (including phenoxy) is 2. The number of hydrogen-bond donors (Lipinski definition) is 0. The van der Waals surface area contributed by atoms with Crippen LogP contribution in [0, 0.1) is 0 Å². The molecule has 6 heteroatoms. The van der Waals surface area contributed by atoms with Crippen molar-refractivity contribution < 1.29 is 27.4 Å². The summed E-state index contributed by atoms with van der Waals surface area (Å²) in [6, 6.07) is 0. The second-order valence-electron chi connectivity index (χ2n) is 4.08. The van der Waals surface area contributed by atoms with Gasteiger partial charge in [0, 0.05) is 6.61 Å². The predicted octanol–water partition coefficient (Wildman–Crippen LogP) is 3.47. The van der Waals surface area contributed by atoms with Crippen LogP contribution in [0.1, 0.15) is 45.4 Å². The smallest absolute Gasteiger partial charge is 0.425 e. The monoisotopic (exact) mass is 270 g/mol. The molecule has 18 heavy (non-hydrogen) atoms. The van der Waals surface area contributed by atoms with E-state index >= 15 is 0 Å². The first-order valence-electron chi connectivity index (χ1n) is 6.19. The van der Waals surface area contributed by atoms with E-state index in [0.29, 0.717) is 6.42 Å². The molecule has 3 nitrogen and oxygen atoms in total. The summed E-state index contributed by atoms with van der Waals surface area (Å²) in [5.41, 5.74) is 0. The molecule has 0 spiro atoms. The summed E-state index contributed by atoms with van der Waals surface area (Å²) >= 11 is 0. The van der Waals surface area contributed by atoms with Crippen molar-refractivity contribution in [2.45, 2.75) is 57.7 Å². The summed E-state index contributed by atoms with van der Waals surface area (Å²) in [6.07, 6.45) is -1.53. The second-order valence-corrected chi connectivity index (χ2v) is 4.08. The highest BCUT2D eigenvalue weighted by molar-refractivity contribution is 5.75. The summed E-state index contributed by atoms with van der Waals surface area (Å²) in [5.74, 6) is -1.39. The number of carbonyl (C=O) groups excluding carboxylic acids is 1. The number of rotatable bonds is 9. The maximum Gasteiger partial charge on any atom is 0.425 e. The average Bonchev–Trinajstić information content (AvgIpc) is 2.30. The van der Waals surface area contributed by atoms with E-state index in [1.807, 2.05) is 0 Å². The van der Waals surface area contributed by atoms with Crippen molar-refractivity contribution >= 4 is 5.97 Å². The third kappa shape index (κ3) is 7.53. The Balaban J connectivity index is 3.81. The molecule has 0 heterocycles. The molecular weight excluding hydrogens is 249 g/mol. The minimum Gasteiger partial charge on any atom is -0.467 e. The third-order valence-electron chi connectivity index (χ3n) is 2.49. The van der Waals surface area contributed by atoms with Crippen LogP contribution < -0.4 is 0 Å². The number of alkyl halides is 3. The lowest BCUT2D eigenvalue weighted by atomic mass is 10.1. The molecule has 0 radical (unpaired) electrons. The van der Waals surface area contributed by atoms with Crippen molar-refractivity contribution in [3.63, 3.8) is 0 Å². The van der Waals surface area contributed by atoms with Gasteiger partial charge in [0.2, 0.25) is 0 Å². The van der Waals surface area contributed by atoms with Crippen molar-refractivity contribution in [1.29, 1.82) is 0 Å². The fraction of sp³-hybridized carbons (Fsp3) is 0.917. The molecule has 0 amide bonds. The van der Waals surface area contributed by atoms with Gasteiger partial charge in [-0.05, 0) is 6.42 Å². The molecule has 0 aromatic carbocycles. The first-order valence-corrected chi connectivity index (χ1v) is 6.19. The molecule has 0 aromatic rings. The Morgan fingerprint density at radius 1 is 1.11 bits per heavy atom. The highest BCUT2D eigenvalue weighted by atomic mass is 19.4. The van der Waals surface area contributed by atoms with Crippen molar-refractivity contribution in [3.05, 3.63) is 0 Å². The van der Waals surface area contributed by atoms with Crippen LogP contribution in [-0.2, 0) is 14.3 Å². The number of methoxy groups -OCH3 is 1. The van der Waals surface area contributed by atoms with Crippen LogP contribution in [0.4, 0.5) is 13.2 Å². The first-order chi connectivity index (χ1) is 8.43. The Bertz CT molecular complexity index is 229. The molecule has 0 rings (SSSR count). The van der Waals surface area contributed by atoms with Gasteiger partial charge >= 0.3 is 12.1 Å². The number of carbonyl (C=O) groups is 1. The summed E-state index contributed by atoms with van der Waals surface area (Å²) in [5, 5.41) is 0. The van der Waals surface area contributed by atoms with Crippen LogP contribution in [0.25, 0.3) is 0 Å². The minimum atomic E-state index is -4.71. The first kappa shape index (κ1) is 17.2. The van der Waals surface area contributed by atoms with Crippen molar-refractivity contribution in [2.24, 2.45) is 0 Å². The van der Waals surface area contributed by atoms with Crippen LogP contribution in [0.3, 0.4) is 0 Å². The molecule has 1 atom stereocenters. The molecular formula is C12H21F3O3. The molecule has 0 aliphatic carbocycles. The van der Waals surface area contributed by atoms with Gasteiger partial charge in [-0.25, -0.2) is 4.79 Å². The highest BCUT2D eigenvalue weighted by Crippen LogP contribution is 2.24. The van der Waals surface area contributed by atoms with E-state index < -0.39 is 18.2 Å².